The van der Waals surface area contributed by atoms with Gasteiger partial charge in [-0.3, -0.25) is 24.3 Å². The molecule has 1 aromatic carbocycles. The predicted octanol–water partition coefficient (Wildman–Crippen LogP) is -1.21. The largest absolute Gasteiger partial charge is 0.479 e. The number of thioether (sulfide) groups is 1. The number of imide groups is 1. The van der Waals surface area contributed by atoms with Gasteiger partial charge in [-0.1, -0.05) is 30.3 Å². The first kappa shape index (κ1) is 31.0. The van der Waals surface area contributed by atoms with E-state index in [0.29, 0.717) is 16.2 Å². The Balaban J connectivity index is 3.39. The first-order valence-electron chi connectivity index (χ1n) is 11.4. The molecule has 4 atom stereocenters. The third-order valence-corrected chi connectivity index (χ3v) is 6.30. The lowest BCUT2D eigenvalue weighted by atomic mass is 9.86. The number of hydrogen-bond acceptors (Lipinski definition) is 9. The standard InChI is InChI=1S/C23H37N7O5S/c1-23(21(34)35,18(31)15(24)10-12-36-2)30(19(32)16(25)9-6-11-29-22(27)28)20(33)17(26)13-14-7-4-3-5-8-14/h3-5,7-8,15-17H,6,9-13,24-26H2,1-2H3,(H,34,35)(H4,27,28,29). The second-order valence-corrected chi connectivity index (χ2v) is 9.48. The van der Waals surface area contributed by atoms with E-state index in [4.69, 9.17) is 28.7 Å². The zero-order valence-electron chi connectivity index (χ0n) is 20.6. The molecule has 36 heavy (non-hydrogen) atoms. The third-order valence-electron chi connectivity index (χ3n) is 5.65. The first-order chi connectivity index (χ1) is 16.9. The maximum atomic E-state index is 13.5. The number of aliphatic imine (C=N–C) groups is 1. The lowest BCUT2D eigenvalue weighted by molar-refractivity contribution is -0.171. The summed E-state index contributed by atoms with van der Waals surface area (Å²) in [4.78, 5) is 56.9. The first-order valence-corrected chi connectivity index (χ1v) is 12.8. The summed E-state index contributed by atoms with van der Waals surface area (Å²) in [5.74, 6) is -4.47. The highest BCUT2D eigenvalue weighted by Crippen LogP contribution is 2.24. The minimum Gasteiger partial charge on any atom is -0.479 e. The lowest BCUT2D eigenvalue weighted by Crippen LogP contribution is -2.69. The quantitative estimate of drug-likeness (QED) is 0.0690. The van der Waals surface area contributed by atoms with Gasteiger partial charge in [0.2, 0.25) is 17.4 Å². The number of aliphatic carboxylic acids is 1. The minimum atomic E-state index is -2.61. The Morgan fingerprint density at radius 1 is 1.00 bits per heavy atom. The molecule has 13 heteroatoms. The van der Waals surface area contributed by atoms with Gasteiger partial charge >= 0.3 is 5.97 Å². The van der Waals surface area contributed by atoms with Crippen molar-refractivity contribution in [3.63, 3.8) is 0 Å². The number of carboxylic acids is 1. The number of carboxylic acid groups (broad SMARTS) is 1. The summed E-state index contributed by atoms with van der Waals surface area (Å²) in [6, 6.07) is 4.87. The van der Waals surface area contributed by atoms with Crippen molar-refractivity contribution in [3.8, 4) is 0 Å². The van der Waals surface area contributed by atoms with E-state index in [2.05, 4.69) is 4.99 Å². The van der Waals surface area contributed by atoms with Crippen molar-refractivity contribution in [1.82, 2.24) is 4.90 Å². The molecule has 4 unspecified atom stereocenters. The maximum Gasteiger partial charge on any atom is 0.337 e. The van der Waals surface area contributed by atoms with E-state index in [1.165, 1.54) is 11.8 Å². The summed E-state index contributed by atoms with van der Waals surface area (Å²) in [6.07, 6.45) is 2.26. The molecule has 12 nitrogen and oxygen atoms in total. The summed E-state index contributed by atoms with van der Waals surface area (Å²) in [5, 5.41) is 10.1. The Morgan fingerprint density at radius 2 is 1.58 bits per heavy atom. The van der Waals surface area contributed by atoms with Crippen LogP contribution in [0.2, 0.25) is 0 Å². The van der Waals surface area contributed by atoms with Gasteiger partial charge in [0.05, 0.1) is 18.1 Å². The normalized spacial score (nSPS) is 15.1. The van der Waals surface area contributed by atoms with E-state index in [-0.39, 0.29) is 38.2 Å². The van der Waals surface area contributed by atoms with Crippen LogP contribution in [0, 0.1) is 0 Å². The number of carbonyl (C=O) groups is 4. The zero-order valence-corrected chi connectivity index (χ0v) is 21.4. The number of Topliss-reactive ketones (excluding diaryl/α,β-unsaturated/α-hetero) is 1. The van der Waals surface area contributed by atoms with Crippen molar-refractivity contribution in [2.75, 3.05) is 18.6 Å². The van der Waals surface area contributed by atoms with Gasteiger partial charge in [-0.05, 0) is 50.2 Å². The fourth-order valence-electron chi connectivity index (χ4n) is 3.53. The van der Waals surface area contributed by atoms with Crippen molar-refractivity contribution in [3.05, 3.63) is 35.9 Å². The highest BCUT2D eigenvalue weighted by molar-refractivity contribution is 7.98. The molecule has 11 N–H and O–H groups in total. The monoisotopic (exact) mass is 523 g/mol. The SMILES string of the molecule is CSCCC(N)C(=O)C(C)(C(=O)O)N(C(=O)C(N)CCCN=C(N)N)C(=O)C(N)Cc1ccccc1. The smallest absolute Gasteiger partial charge is 0.337 e. The molecule has 0 aliphatic carbocycles. The topological polar surface area (TPSA) is 234 Å². The molecule has 0 saturated carbocycles. The molecule has 0 spiro atoms. The van der Waals surface area contributed by atoms with Crippen molar-refractivity contribution < 1.29 is 24.3 Å². The Hall–Kier alpha value is -3.00. The molecule has 0 heterocycles. The van der Waals surface area contributed by atoms with Crippen molar-refractivity contribution >= 4 is 41.3 Å². The maximum absolute atomic E-state index is 13.5. The van der Waals surface area contributed by atoms with Crippen LogP contribution < -0.4 is 28.7 Å². The van der Waals surface area contributed by atoms with Gasteiger partial charge in [-0.15, -0.1) is 0 Å². The average Bonchev–Trinajstić information content (AvgIpc) is 2.84. The van der Waals surface area contributed by atoms with Gasteiger partial charge < -0.3 is 33.8 Å². The number of nitrogens with zero attached hydrogens (tertiary/aromatic N) is 2. The molecule has 0 saturated heterocycles. The predicted molar refractivity (Wildman–Crippen MR) is 140 cm³/mol. The molecule has 0 radical (unpaired) electrons. The van der Waals surface area contributed by atoms with E-state index >= 15 is 0 Å². The number of amides is 2. The number of ketones is 1. The number of guanidine groups is 1. The number of nitrogens with two attached hydrogens (primary N) is 5. The lowest BCUT2D eigenvalue weighted by Gasteiger charge is -2.39. The molecule has 1 aromatic rings. The van der Waals surface area contributed by atoms with E-state index in [9.17, 15) is 24.3 Å². The fourth-order valence-corrected chi connectivity index (χ4v) is 4.02. The van der Waals surface area contributed by atoms with Gasteiger partial charge in [0, 0.05) is 6.54 Å². The molecule has 1 rings (SSSR count). The average molecular weight is 524 g/mol. The summed E-state index contributed by atoms with van der Waals surface area (Å²) < 4.78 is 0. The molecule has 0 aromatic heterocycles. The van der Waals surface area contributed by atoms with E-state index < -0.39 is 47.2 Å². The second kappa shape index (κ2) is 14.5. The van der Waals surface area contributed by atoms with Gasteiger partial charge in [0.15, 0.2) is 11.7 Å². The van der Waals surface area contributed by atoms with E-state index in [1.54, 1.807) is 36.6 Å². The van der Waals surface area contributed by atoms with Gasteiger partial charge in [0.1, 0.15) is 0 Å². The highest BCUT2D eigenvalue weighted by Gasteiger charge is 2.54. The van der Waals surface area contributed by atoms with Gasteiger partial charge in [-0.2, -0.15) is 11.8 Å². The van der Waals surface area contributed by atoms with Crippen LogP contribution in [0.15, 0.2) is 35.3 Å². The summed E-state index contributed by atoms with van der Waals surface area (Å²) in [6.45, 7) is 1.15. The van der Waals surface area contributed by atoms with Gasteiger partial charge in [0.25, 0.3) is 0 Å². The van der Waals surface area contributed by atoms with Crippen LogP contribution in [0.4, 0.5) is 0 Å². The minimum absolute atomic E-state index is 0.00556. The molecular formula is C23H37N7O5S. The molecule has 0 fully saturated rings. The summed E-state index contributed by atoms with van der Waals surface area (Å²) in [5.41, 5.74) is 26.8. The van der Waals surface area contributed by atoms with Crippen LogP contribution in [0.3, 0.4) is 0 Å². The van der Waals surface area contributed by atoms with Gasteiger partial charge in [-0.25, -0.2) is 4.79 Å². The molecule has 0 aliphatic heterocycles. The molecular weight excluding hydrogens is 486 g/mol. The number of hydrogen-bond donors (Lipinski definition) is 6. The second-order valence-electron chi connectivity index (χ2n) is 8.49. The van der Waals surface area contributed by atoms with Crippen LogP contribution >= 0.6 is 11.8 Å². The van der Waals surface area contributed by atoms with E-state index in [0.717, 1.165) is 6.92 Å². The van der Waals surface area contributed by atoms with Crippen molar-refractivity contribution in [2.45, 2.75) is 56.3 Å². The molecule has 200 valence electrons. The van der Waals surface area contributed by atoms with Crippen LogP contribution in [-0.2, 0) is 25.6 Å². The Kier molecular flexibility index (Phi) is 12.5. The summed E-state index contributed by atoms with van der Waals surface area (Å²) in [7, 11) is 0. The Bertz CT molecular complexity index is 942. The Morgan fingerprint density at radius 3 is 2.11 bits per heavy atom. The van der Waals surface area contributed by atoms with Crippen molar-refractivity contribution in [1.29, 1.82) is 0 Å². The Labute approximate surface area is 215 Å². The van der Waals surface area contributed by atoms with Crippen LogP contribution in [0.5, 0.6) is 0 Å². The van der Waals surface area contributed by atoms with Crippen LogP contribution in [0.25, 0.3) is 0 Å². The number of rotatable bonds is 15. The van der Waals surface area contributed by atoms with Crippen LogP contribution in [-0.4, -0.2) is 81.8 Å². The highest BCUT2D eigenvalue weighted by atomic mass is 32.2. The number of carbonyl (C=O) groups excluding carboxylic acids is 3. The number of benzene rings is 1. The molecule has 0 aliphatic rings. The fraction of sp³-hybridized carbons (Fsp3) is 0.522. The van der Waals surface area contributed by atoms with E-state index in [1.807, 2.05) is 0 Å². The third kappa shape index (κ3) is 8.29. The van der Waals surface area contributed by atoms with Crippen molar-refractivity contribution in [2.24, 2.45) is 33.7 Å². The molecule has 2 amide bonds. The zero-order chi connectivity index (χ0) is 27.5. The van der Waals surface area contributed by atoms with Crippen LogP contribution in [0.1, 0.15) is 31.7 Å². The summed E-state index contributed by atoms with van der Waals surface area (Å²) >= 11 is 1.42. The molecule has 0 bridgehead atoms.